The van der Waals surface area contributed by atoms with Gasteiger partial charge >= 0.3 is 0 Å². The van der Waals surface area contributed by atoms with Gasteiger partial charge in [0.1, 0.15) is 0 Å². The first-order chi connectivity index (χ1) is 8.01. The number of hydrogen-bond donors (Lipinski definition) is 1. The molecule has 1 N–H and O–H groups in total. The number of hydrogen-bond acceptors (Lipinski definition) is 3. The molecule has 1 aliphatic rings. The summed E-state index contributed by atoms with van der Waals surface area (Å²) >= 11 is 5.93. The maximum absolute atomic E-state index is 12.3. The molecule has 0 spiro atoms. The Hall–Kier alpha value is -0.580. The second-order valence-corrected chi connectivity index (χ2v) is 7.21. The Labute approximate surface area is 107 Å². The predicted octanol–water partition coefficient (Wildman–Crippen LogP) is 2.25. The van der Waals surface area contributed by atoms with E-state index in [2.05, 4.69) is 5.32 Å². The molecule has 2 rings (SSSR count). The Balaban J connectivity index is 2.14. The summed E-state index contributed by atoms with van der Waals surface area (Å²) in [6.45, 7) is 2.20. The van der Waals surface area contributed by atoms with Crippen LogP contribution >= 0.6 is 11.6 Å². The number of benzene rings is 1. The van der Waals surface area contributed by atoms with Crippen molar-refractivity contribution in [1.29, 1.82) is 0 Å². The van der Waals surface area contributed by atoms with Gasteiger partial charge in [-0.25, -0.2) is 8.42 Å². The van der Waals surface area contributed by atoms with Crippen LogP contribution in [0.2, 0.25) is 5.02 Å². The average molecular weight is 274 g/mol. The molecule has 1 aromatic carbocycles. The molecule has 17 heavy (non-hydrogen) atoms. The molecule has 0 heterocycles. The average Bonchev–Trinajstić information content (AvgIpc) is 3.10. The number of halogens is 1. The Bertz CT molecular complexity index is 497. The van der Waals surface area contributed by atoms with Crippen LogP contribution in [0.5, 0.6) is 0 Å². The van der Waals surface area contributed by atoms with Crippen LogP contribution in [-0.2, 0) is 9.84 Å². The molecule has 3 nitrogen and oxygen atoms in total. The SMILES string of the molecule is CC(CNC1CC1)S(=O)(=O)c1ccccc1Cl. The molecule has 1 atom stereocenters. The van der Waals surface area contributed by atoms with Gasteiger partial charge in [0.05, 0.1) is 15.2 Å². The summed E-state index contributed by atoms with van der Waals surface area (Å²) in [4.78, 5) is 0.228. The predicted molar refractivity (Wildman–Crippen MR) is 69.1 cm³/mol. The molecule has 1 saturated carbocycles. The first-order valence-electron chi connectivity index (χ1n) is 5.73. The van der Waals surface area contributed by atoms with Crippen LogP contribution in [0.25, 0.3) is 0 Å². The number of rotatable bonds is 5. The second-order valence-electron chi connectivity index (χ2n) is 4.47. The van der Waals surface area contributed by atoms with Gasteiger partial charge in [0.2, 0.25) is 0 Å². The summed E-state index contributed by atoms with van der Waals surface area (Å²) in [5.74, 6) is 0. The van der Waals surface area contributed by atoms with Crippen molar-refractivity contribution in [3.63, 3.8) is 0 Å². The zero-order valence-corrected chi connectivity index (χ0v) is 11.3. The summed E-state index contributed by atoms with van der Waals surface area (Å²) in [5.41, 5.74) is 0. The number of sulfone groups is 1. The van der Waals surface area contributed by atoms with Gasteiger partial charge in [-0.2, -0.15) is 0 Å². The summed E-state index contributed by atoms with van der Waals surface area (Å²) in [6, 6.07) is 7.11. The highest BCUT2D eigenvalue weighted by Gasteiger charge is 2.28. The summed E-state index contributed by atoms with van der Waals surface area (Å²) in [7, 11) is -3.33. The molecule has 0 amide bonds. The van der Waals surface area contributed by atoms with Crippen LogP contribution in [0, 0.1) is 0 Å². The van der Waals surface area contributed by atoms with Crippen molar-refractivity contribution in [2.45, 2.75) is 36.0 Å². The van der Waals surface area contributed by atoms with E-state index < -0.39 is 15.1 Å². The standard InChI is InChI=1S/C12H16ClNO2S/c1-9(8-14-10-6-7-10)17(15,16)12-5-3-2-4-11(12)13/h2-5,9-10,14H,6-8H2,1H3. The molecular weight excluding hydrogens is 258 g/mol. The third-order valence-electron chi connectivity index (χ3n) is 2.94. The lowest BCUT2D eigenvalue weighted by atomic mass is 10.4. The van der Waals surface area contributed by atoms with Gasteiger partial charge in [0, 0.05) is 12.6 Å². The molecule has 0 bridgehead atoms. The van der Waals surface area contributed by atoms with Crippen molar-refractivity contribution in [2.24, 2.45) is 0 Å². The smallest absolute Gasteiger partial charge is 0.183 e. The van der Waals surface area contributed by atoms with Crippen molar-refractivity contribution in [2.75, 3.05) is 6.54 Å². The molecule has 1 aliphatic carbocycles. The molecule has 0 saturated heterocycles. The Morgan fingerprint density at radius 2 is 2.06 bits per heavy atom. The van der Waals surface area contributed by atoms with E-state index in [0.29, 0.717) is 17.6 Å². The van der Waals surface area contributed by atoms with Gasteiger partial charge in [-0.1, -0.05) is 23.7 Å². The molecular formula is C12H16ClNO2S. The normalized spacial score (nSPS) is 18.0. The zero-order chi connectivity index (χ0) is 12.5. The van der Waals surface area contributed by atoms with Crippen LogP contribution in [0.4, 0.5) is 0 Å². The summed E-state index contributed by atoms with van der Waals surface area (Å²) in [6.07, 6.45) is 2.30. The van der Waals surface area contributed by atoms with Crippen molar-refractivity contribution in [1.82, 2.24) is 5.32 Å². The van der Waals surface area contributed by atoms with E-state index in [-0.39, 0.29) is 4.90 Å². The largest absolute Gasteiger partial charge is 0.313 e. The van der Waals surface area contributed by atoms with Crippen molar-refractivity contribution < 1.29 is 8.42 Å². The Morgan fingerprint density at radius 3 is 2.65 bits per heavy atom. The molecule has 94 valence electrons. The molecule has 1 aromatic rings. The van der Waals surface area contributed by atoms with Crippen molar-refractivity contribution >= 4 is 21.4 Å². The van der Waals surface area contributed by atoms with E-state index in [0.717, 1.165) is 12.8 Å². The van der Waals surface area contributed by atoms with E-state index in [1.165, 1.54) is 0 Å². The maximum Gasteiger partial charge on any atom is 0.183 e. The van der Waals surface area contributed by atoms with E-state index >= 15 is 0 Å². The fraction of sp³-hybridized carbons (Fsp3) is 0.500. The first-order valence-corrected chi connectivity index (χ1v) is 7.66. The van der Waals surface area contributed by atoms with Crippen LogP contribution in [0.15, 0.2) is 29.2 Å². The van der Waals surface area contributed by atoms with Crippen LogP contribution in [-0.4, -0.2) is 26.3 Å². The number of nitrogens with one attached hydrogen (secondary N) is 1. The minimum absolute atomic E-state index is 0.228. The third-order valence-corrected chi connectivity index (χ3v) is 5.58. The van der Waals surface area contributed by atoms with Gasteiger partial charge in [-0.05, 0) is 31.9 Å². The van der Waals surface area contributed by atoms with Crippen molar-refractivity contribution in [3.8, 4) is 0 Å². The van der Waals surface area contributed by atoms with E-state index in [9.17, 15) is 8.42 Å². The van der Waals surface area contributed by atoms with Crippen LogP contribution < -0.4 is 5.32 Å². The highest BCUT2D eigenvalue weighted by Crippen LogP contribution is 2.25. The topological polar surface area (TPSA) is 46.2 Å². The van der Waals surface area contributed by atoms with E-state index in [1.54, 1.807) is 31.2 Å². The Morgan fingerprint density at radius 1 is 1.41 bits per heavy atom. The van der Waals surface area contributed by atoms with Gasteiger partial charge in [-0.15, -0.1) is 0 Å². The maximum atomic E-state index is 12.3. The fourth-order valence-electron chi connectivity index (χ4n) is 1.62. The first kappa shape index (κ1) is 12.9. The Kier molecular flexibility index (Phi) is 3.76. The minimum atomic E-state index is -3.33. The third kappa shape index (κ3) is 3.00. The summed E-state index contributed by atoms with van der Waals surface area (Å²) in [5, 5.41) is 3.07. The molecule has 1 unspecified atom stereocenters. The monoisotopic (exact) mass is 273 g/mol. The molecule has 0 aromatic heterocycles. The molecule has 0 aliphatic heterocycles. The van der Waals surface area contributed by atoms with Crippen molar-refractivity contribution in [3.05, 3.63) is 29.3 Å². The van der Waals surface area contributed by atoms with Crippen LogP contribution in [0.3, 0.4) is 0 Å². The lowest BCUT2D eigenvalue weighted by Crippen LogP contribution is -2.32. The van der Waals surface area contributed by atoms with Gasteiger partial charge < -0.3 is 5.32 Å². The lowest BCUT2D eigenvalue weighted by Gasteiger charge is -2.14. The minimum Gasteiger partial charge on any atom is -0.313 e. The highest BCUT2D eigenvalue weighted by atomic mass is 35.5. The zero-order valence-electron chi connectivity index (χ0n) is 9.69. The van der Waals surface area contributed by atoms with Gasteiger partial charge in [0.25, 0.3) is 0 Å². The van der Waals surface area contributed by atoms with E-state index in [4.69, 9.17) is 11.6 Å². The van der Waals surface area contributed by atoms with E-state index in [1.807, 2.05) is 0 Å². The second kappa shape index (κ2) is 4.96. The fourth-order valence-corrected chi connectivity index (χ4v) is 3.44. The summed E-state index contributed by atoms with van der Waals surface area (Å²) < 4.78 is 24.5. The van der Waals surface area contributed by atoms with Gasteiger partial charge in [-0.3, -0.25) is 0 Å². The lowest BCUT2D eigenvalue weighted by molar-refractivity contribution is 0.571. The quantitative estimate of drug-likeness (QED) is 0.895. The molecule has 1 fully saturated rings. The molecule has 5 heteroatoms. The highest BCUT2D eigenvalue weighted by molar-refractivity contribution is 7.92. The molecule has 0 radical (unpaired) electrons. The van der Waals surface area contributed by atoms with Gasteiger partial charge in [0.15, 0.2) is 9.84 Å². The van der Waals surface area contributed by atoms with Crippen LogP contribution in [0.1, 0.15) is 19.8 Å².